The van der Waals surface area contributed by atoms with E-state index in [4.69, 9.17) is 5.41 Å². The predicted octanol–water partition coefficient (Wildman–Crippen LogP) is 1.11. The molecule has 2 N–H and O–H groups in total. The quantitative estimate of drug-likeness (QED) is 0.583. The molecule has 0 aliphatic heterocycles. The Balaban J connectivity index is 3.70. The fourth-order valence-electron chi connectivity index (χ4n) is 0.572. The highest BCUT2D eigenvalue weighted by atomic mass is 16.1. The summed E-state index contributed by atoms with van der Waals surface area (Å²) in [5.41, 5.74) is 0.895. The second kappa shape index (κ2) is 5.65. The van der Waals surface area contributed by atoms with Crippen LogP contribution in [-0.4, -0.2) is 18.5 Å². The highest BCUT2D eigenvalue weighted by Gasteiger charge is 1.89. The molecule has 0 aromatic rings. The molecular formula is C8H14N2O. The van der Waals surface area contributed by atoms with E-state index in [0.717, 1.165) is 12.0 Å². The Bertz CT molecular complexity index is 173. The van der Waals surface area contributed by atoms with Gasteiger partial charge in [-0.1, -0.05) is 6.92 Å². The molecule has 0 saturated carbocycles. The van der Waals surface area contributed by atoms with Crippen molar-refractivity contribution in [1.29, 1.82) is 5.41 Å². The van der Waals surface area contributed by atoms with E-state index in [9.17, 15) is 4.79 Å². The average Bonchev–Trinajstić information content (AvgIpc) is 1.98. The molecule has 0 spiro atoms. The first-order valence-electron chi connectivity index (χ1n) is 3.63. The maximum atomic E-state index is 10.5. The van der Waals surface area contributed by atoms with Gasteiger partial charge in [-0.15, -0.1) is 0 Å². The molecule has 0 aromatic carbocycles. The zero-order chi connectivity index (χ0) is 8.69. The van der Waals surface area contributed by atoms with Crippen LogP contribution in [0.25, 0.3) is 0 Å². The third-order valence-corrected chi connectivity index (χ3v) is 1.23. The predicted molar refractivity (Wildman–Crippen MR) is 45.8 cm³/mol. The normalized spacial score (nSPS) is 10.9. The maximum Gasteiger partial charge on any atom is 0.148 e. The molecule has 3 nitrogen and oxygen atoms in total. The molecule has 0 aliphatic carbocycles. The third-order valence-electron chi connectivity index (χ3n) is 1.23. The molecule has 3 heteroatoms. The monoisotopic (exact) mass is 154 g/mol. The summed E-state index contributed by atoms with van der Waals surface area (Å²) in [6.07, 6.45) is 3.80. The Hall–Kier alpha value is -1.12. The smallest absolute Gasteiger partial charge is 0.148 e. The van der Waals surface area contributed by atoms with E-state index >= 15 is 0 Å². The number of ketones is 1. The topological polar surface area (TPSA) is 53.0 Å². The number of Topliss-reactive ketones (excluding diaryl/α,β-unsaturated/α-hetero) is 1. The third kappa shape index (κ3) is 5.33. The molecular weight excluding hydrogens is 140 g/mol. The van der Waals surface area contributed by atoms with Crippen molar-refractivity contribution in [2.75, 3.05) is 6.54 Å². The van der Waals surface area contributed by atoms with Crippen LogP contribution in [0.15, 0.2) is 11.8 Å². The van der Waals surface area contributed by atoms with Gasteiger partial charge in [0.1, 0.15) is 5.78 Å². The lowest BCUT2D eigenvalue weighted by atomic mass is 10.2. The molecule has 0 saturated heterocycles. The minimum atomic E-state index is 0.0988. The van der Waals surface area contributed by atoms with Gasteiger partial charge in [0.05, 0.1) is 6.54 Å². The number of carbonyl (C=O) groups excluding carboxylic acids is 1. The Kier molecular flexibility index (Phi) is 5.07. The van der Waals surface area contributed by atoms with E-state index in [1.54, 1.807) is 6.20 Å². The summed E-state index contributed by atoms with van der Waals surface area (Å²) in [5, 5.41) is 9.75. The first-order chi connectivity index (χ1) is 5.20. The summed E-state index contributed by atoms with van der Waals surface area (Å²) in [7, 11) is 0. The fraction of sp³-hybridized carbons (Fsp3) is 0.500. The van der Waals surface area contributed by atoms with Gasteiger partial charge in [0, 0.05) is 12.4 Å². The first kappa shape index (κ1) is 9.88. The van der Waals surface area contributed by atoms with Gasteiger partial charge in [-0.2, -0.15) is 0 Å². The molecule has 0 aliphatic rings. The van der Waals surface area contributed by atoms with Crippen molar-refractivity contribution in [1.82, 2.24) is 5.32 Å². The van der Waals surface area contributed by atoms with Crippen molar-refractivity contribution >= 4 is 12.0 Å². The minimum Gasteiger partial charge on any atom is -0.384 e. The van der Waals surface area contributed by atoms with E-state index in [1.807, 2.05) is 6.92 Å². The fourth-order valence-corrected chi connectivity index (χ4v) is 0.572. The Morgan fingerprint density at radius 2 is 2.27 bits per heavy atom. The largest absolute Gasteiger partial charge is 0.384 e. The molecule has 62 valence electrons. The Labute approximate surface area is 67.0 Å². The van der Waals surface area contributed by atoms with Crippen molar-refractivity contribution in [2.45, 2.75) is 20.3 Å². The SMILES string of the molecule is CC/C(C=N)=C/NCC(C)=O. The molecule has 0 bridgehead atoms. The van der Waals surface area contributed by atoms with E-state index in [-0.39, 0.29) is 5.78 Å². The van der Waals surface area contributed by atoms with Gasteiger partial charge >= 0.3 is 0 Å². The van der Waals surface area contributed by atoms with Gasteiger partial charge in [-0.05, 0) is 18.9 Å². The molecule has 0 atom stereocenters. The zero-order valence-corrected chi connectivity index (χ0v) is 6.98. The second-order valence-corrected chi connectivity index (χ2v) is 2.30. The molecule has 0 radical (unpaired) electrons. The van der Waals surface area contributed by atoms with E-state index in [0.29, 0.717) is 6.54 Å². The van der Waals surface area contributed by atoms with Crippen LogP contribution >= 0.6 is 0 Å². The minimum absolute atomic E-state index is 0.0988. The van der Waals surface area contributed by atoms with Gasteiger partial charge in [0.15, 0.2) is 0 Å². The molecule has 0 unspecified atom stereocenters. The van der Waals surface area contributed by atoms with Gasteiger partial charge in [0.25, 0.3) is 0 Å². The highest BCUT2D eigenvalue weighted by Crippen LogP contribution is 1.92. The number of allylic oxidation sites excluding steroid dienone is 1. The van der Waals surface area contributed by atoms with E-state index < -0.39 is 0 Å². The van der Waals surface area contributed by atoms with Crippen LogP contribution in [0.2, 0.25) is 0 Å². The Morgan fingerprint density at radius 1 is 1.64 bits per heavy atom. The molecule has 0 rings (SSSR count). The van der Waals surface area contributed by atoms with Gasteiger partial charge in [-0.25, -0.2) is 0 Å². The van der Waals surface area contributed by atoms with Crippen LogP contribution in [0.5, 0.6) is 0 Å². The van der Waals surface area contributed by atoms with Crippen LogP contribution in [0.4, 0.5) is 0 Å². The van der Waals surface area contributed by atoms with Gasteiger partial charge < -0.3 is 10.7 Å². The number of carbonyl (C=O) groups is 1. The highest BCUT2D eigenvalue weighted by molar-refractivity contribution is 5.78. The number of hydrogen-bond acceptors (Lipinski definition) is 3. The van der Waals surface area contributed by atoms with Crippen molar-refractivity contribution in [3.05, 3.63) is 11.8 Å². The summed E-state index contributed by atoms with van der Waals surface area (Å²) in [5.74, 6) is 0.0988. The van der Waals surface area contributed by atoms with Crippen LogP contribution < -0.4 is 5.32 Å². The average molecular weight is 154 g/mol. The standard InChI is InChI=1S/C8H14N2O/c1-3-8(4-9)6-10-5-7(2)11/h4,6,9-10H,3,5H2,1-2H3/b8-6-,9-4?. The zero-order valence-electron chi connectivity index (χ0n) is 6.98. The van der Waals surface area contributed by atoms with Gasteiger partial charge in [-0.3, -0.25) is 4.79 Å². The molecule has 11 heavy (non-hydrogen) atoms. The summed E-state index contributed by atoms with van der Waals surface area (Å²) < 4.78 is 0. The van der Waals surface area contributed by atoms with Crippen molar-refractivity contribution in [3.8, 4) is 0 Å². The van der Waals surface area contributed by atoms with Crippen molar-refractivity contribution in [2.24, 2.45) is 0 Å². The van der Waals surface area contributed by atoms with Crippen molar-refractivity contribution < 1.29 is 4.79 Å². The maximum absolute atomic E-state index is 10.5. The Morgan fingerprint density at radius 3 is 2.64 bits per heavy atom. The van der Waals surface area contributed by atoms with Crippen molar-refractivity contribution in [3.63, 3.8) is 0 Å². The lowest BCUT2D eigenvalue weighted by Gasteiger charge is -1.97. The summed E-state index contributed by atoms with van der Waals surface area (Å²) in [6, 6.07) is 0. The lowest BCUT2D eigenvalue weighted by Crippen LogP contribution is -2.15. The van der Waals surface area contributed by atoms with Crippen LogP contribution in [-0.2, 0) is 4.79 Å². The van der Waals surface area contributed by atoms with Crippen LogP contribution in [0.1, 0.15) is 20.3 Å². The molecule has 0 fully saturated rings. The number of hydrogen-bond donors (Lipinski definition) is 2. The van der Waals surface area contributed by atoms with E-state index in [2.05, 4.69) is 5.32 Å². The lowest BCUT2D eigenvalue weighted by molar-refractivity contribution is -0.116. The summed E-state index contributed by atoms with van der Waals surface area (Å²) in [6.45, 7) is 3.83. The second-order valence-electron chi connectivity index (χ2n) is 2.30. The number of nitrogens with one attached hydrogen (secondary N) is 2. The first-order valence-corrected chi connectivity index (χ1v) is 3.63. The molecule has 0 heterocycles. The van der Waals surface area contributed by atoms with Crippen LogP contribution in [0, 0.1) is 5.41 Å². The van der Waals surface area contributed by atoms with E-state index in [1.165, 1.54) is 13.1 Å². The summed E-state index contributed by atoms with van der Waals surface area (Å²) >= 11 is 0. The summed E-state index contributed by atoms with van der Waals surface area (Å²) in [4.78, 5) is 10.5. The molecule has 0 aromatic heterocycles. The molecule has 0 amide bonds. The van der Waals surface area contributed by atoms with Crippen LogP contribution in [0.3, 0.4) is 0 Å². The number of rotatable bonds is 5. The van der Waals surface area contributed by atoms with Gasteiger partial charge in [0.2, 0.25) is 0 Å².